The first-order chi connectivity index (χ1) is 12.1. The van der Waals surface area contributed by atoms with Gasteiger partial charge in [0.1, 0.15) is 5.75 Å². The number of amides is 1. The zero-order valence-electron chi connectivity index (χ0n) is 13.1. The number of amidine groups is 1. The topological polar surface area (TPSA) is 91.1 Å². The minimum atomic E-state index is -0.521. The average molecular weight is 353 g/mol. The molecule has 0 radical (unpaired) electrons. The Morgan fingerprint density at radius 2 is 1.88 bits per heavy atom. The summed E-state index contributed by atoms with van der Waals surface area (Å²) in [7, 11) is 0. The van der Waals surface area contributed by atoms with Gasteiger partial charge in [-0.15, -0.1) is 5.10 Å². The summed E-state index contributed by atoms with van der Waals surface area (Å²) in [4.78, 5) is 24.2. The van der Waals surface area contributed by atoms with Crippen LogP contribution >= 0.6 is 11.8 Å². The van der Waals surface area contributed by atoms with Crippen LogP contribution in [0.3, 0.4) is 0 Å². The number of para-hydroxylation sites is 1. The number of benzene rings is 2. The molecule has 6 nitrogen and oxygen atoms in total. The van der Waals surface area contributed by atoms with E-state index in [1.54, 1.807) is 48.5 Å². The Morgan fingerprint density at radius 1 is 1.16 bits per heavy atom. The van der Waals surface area contributed by atoms with Crippen molar-refractivity contribution >= 4 is 34.8 Å². The molecule has 2 aromatic rings. The molecule has 1 atom stereocenters. The first-order valence-corrected chi connectivity index (χ1v) is 8.46. The Hall–Kier alpha value is -2.93. The van der Waals surface area contributed by atoms with E-state index in [0.29, 0.717) is 16.3 Å². The summed E-state index contributed by atoms with van der Waals surface area (Å²) in [6.45, 7) is 0. The summed E-state index contributed by atoms with van der Waals surface area (Å²) in [5.41, 5.74) is 1.11. The summed E-state index contributed by atoms with van der Waals surface area (Å²) in [6, 6.07) is 15.6. The van der Waals surface area contributed by atoms with Crippen molar-refractivity contribution < 1.29 is 14.7 Å². The third kappa shape index (κ3) is 4.33. The second kappa shape index (κ2) is 7.76. The van der Waals surface area contributed by atoms with Gasteiger partial charge in [0.25, 0.3) is 0 Å². The number of thioether (sulfide) groups is 1. The smallest absolute Gasteiger partial charge is 0.240 e. The van der Waals surface area contributed by atoms with E-state index in [4.69, 9.17) is 0 Å². The van der Waals surface area contributed by atoms with Gasteiger partial charge < -0.3 is 10.4 Å². The van der Waals surface area contributed by atoms with Crippen LogP contribution in [-0.4, -0.2) is 33.4 Å². The molecule has 1 aliphatic rings. The molecule has 2 aromatic carbocycles. The highest BCUT2D eigenvalue weighted by atomic mass is 32.2. The molecule has 0 bridgehead atoms. The number of carbonyl (C=O) groups excluding carboxylic acids is 2. The number of nitrogens with one attached hydrogen (secondary N) is 1. The summed E-state index contributed by atoms with van der Waals surface area (Å²) < 4.78 is 0. The number of ketones is 1. The van der Waals surface area contributed by atoms with Gasteiger partial charge in [-0.05, 0) is 12.1 Å². The summed E-state index contributed by atoms with van der Waals surface area (Å²) in [5.74, 6) is -0.251. The fourth-order valence-corrected chi connectivity index (χ4v) is 3.16. The normalized spacial score (nSPS) is 18.6. The van der Waals surface area contributed by atoms with Gasteiger partial charge in [-0.2, -0.15) is 5.10 Å². The molecule has 0 spiro atoms. The number of Topliss-reactive ketones (excluding diaryl/α,β-unsaturated/α-hetero) is 1. The lowest BCUT2D eigenvalue weighted by molar-refractivity contribution is -0.118. The Bertz CT molecular complexity index is 850. The number of carbonyl (C=O) groups is 2. The highest BCUT2D eigenvalue weighted by Gasteiger charge is 2.32. The van der Waals surface area contributed by atoms with Crippen LogP contribution in [0.1, 0.15) is 22.3 Å². The van der Waals surface area contributed by atoms with Gasteiger partial charge in [0.05, 0.1) is 11.5 Å². The van der Waals surface area contributed by atoms with Crippen LogP contribution in [0.5, 0.6) is 5.75 Å². The average Bonchev–Trinajstić information content (AvgIpc) is 2.97. The highest BCUT2D eigenvalue weighted by molar-refractivity contribution is 8.15. The van der Waals surface area contributed by atoms with E-state index in [1.807, 2.05) is 6.07 Å². The van der Waals surface area contributed by atoms with Crippen LogP contribution in [0.15, 0.2) is 64.8 Å². The molecule has 7 heteroatoms. The fraction of sp³-hybridized carbons (Fsp3) is 0.111. The SMILES string of the molecule is O=C(C[C@H]1S/C(=N/N=C/c2ccccc2O)NC1=O)c1ccccc1. The van der Waals surface area contributed by atoms with Crippen molar-refractivity contribution in [3.05, 3.63) is 65.7 Å². The molecule has 126 valence electrons. The van der Waals surface area contributed by atoms with Crippen LogP contribution < -0.4 is 5.32 Å². The Labute approximate surface area is 148 Å². The molecule has 1 aliphatic heterocycles. The van der Waals surface area contributed by atoms with E-state index in [-0.39, 0.29) is 23.9 Å². The van der Waals surface area contributed by atoms with Gasteiger partial charge in [-0.1, -0.05) is 54.2 Å². The van der Waals surface area contributed by atoms with E-state index in [1.165, 1.54) is 18.0 Å². The van der Waals surface area contributed by atoms with Crippen molar-refractivity contribution in [1.82, 2.24) is 5.32 Å². The molecule has 2 N–H and O–H groups in total. The lowest BCUT2D eigenvalue weighted by Gasteiger charge is -2.04. The van der Waals surface area contributed by atoms with Gasteiger partial charge >= 0.3 is 0 Å². The fourth-order valence-electron chi connectivity index (χ4n) is 2.24. The molecule has 1 amide bonds. The first kappa shape index (κ1) is 16.9. The molecule has 0 aliphatic carbocycles. The van der Waals surface area contributed by atoms with Crippen molar-refractivity contribution in [3.63, 3.8) is 0 Å². The van der Waals surface area contributed by atoms with Gasteiger partial charge in [0, 0.05) is 17.5 Å². The van der Waals surface area contributed by atoms with E-state index >= 15 is 0 Å². The monoisotopic (exact) mass is 353 g/mol. The molecular weight excluding hydrogens is 338 g/mol. The van der Waals surface area contributed by atoms with E-state index in [2.05, 4.69) is 15.5 Å². The van der Waals surface area contributed by atoms with Crippen LogP contribution in [0.4, 0.5) is 0 Å². The number of hydrogen-bond donors (Lipinski definition) is 2. The molecule has 0 aromatic heterocycles. The molecule has 0 unspecified atom stereocenters. The predicted molar refractivity (Wildman–Crippen MR) is 98.0 cm³/mol. The van der Waals surface area contributed by atoms with Crippen molar-refractivity contribution in [1.29, 1.82) is 0 Å². The van der Waals surface area contributed by atoms with Crippen LogP contribution in [0, 0.1) is 0 Å². The maximum Gasteiger partial charge on any atom is 0.240 e. The zero-order valence-corrected chi connectivity index (χ0v) is 13.9. The molecule has 25 heavy (non-hydrogen) atoms. The standard InChI is InChI=1S/C18H15N3O3S/c22-14-9-5-4-8-13(14)11-19-21-18-20-17(24)16(25-18)10-15(23)12-6-2-1-3-7-12/h1-9,11,16,22H,10H2,(H,20,21,24)/b19-11+/t16-/m1/s1. The maximum absolute atomic E-state index is 12.2. The van der Waals surface area contributed by atoms with Crippen molar-refractivity contribution in [3.8, 4) is 5.75 Å². The van der Waals surface area contributed by atoms with Crippen molar-refractivity contribution in [2.75, 3.05) is 0 Å². The second-order valence-electron chi connectivity index (χ2n) is 5.30. The van der Waals surface area contributed by atoms with Gasteiger partial charge in [0.15, 0.2) is 11.0 Å². The van der Waals surface area contributed by atoms with Gasteiger partial charge in [-0.25, -0.2) is 0 Å². The Morgan fingerprint density at radius 3 is 2.64 bits per heavy atom. The molecular formula is C18H15N3O3S. The van der Waals surface area contributed by atoms with Gasteiger partial charge in [0.2, 0.25) is 5.91 Å². The Kier molecular flexibility index (Phi) is 5.25. The summed E-state index contributed by atoms with van der Waals surface area (Å²) in [6.07, 6.45) is 1.50. The van der Waals surface area contributed by atoms with Crippen LogP contribution in [0.2, 0.25) is 0 Å². The van der Waals surface area contributed by atoms with Crippen LogP contribution in [0.25, 0.3) is 0 Å². The van der Waals surface area contributed by atoms with Gasteiger partial charge in [-0.3, -0.25) is 9.59 Å². The lowest BCUT2D eigenvalue weighted by atomic mass is 10.1. The van der Waals surface area contributed by atoms with Crippen LogP contribution in [-0.2, 0) is 4.79 Å². The summed E-state index contributed by atoms with van der Waals surface area (Å²) >= 11 is 1.17. The summed E-state index contributed by atoms with van der Waals surface area (Å²) in [5, 5.41) is 19.9. The molecule has 0 saturated carbocycles. The Balaban J connectivity index is 1.62. The minimum Gasteiger partial charge on any atom is -0.507 e. The lowest BCUT2D eigenvalue weighted by Crippen LogP contribution is -2.26. The van der Waals surface area contributed by atoms with E-state index < -0.39 is 5.25 Å². The third-order valence-electron chi connectivity index (χ3n) is 3.53. The van der Waals surface area contributed by atoms with Crippen molar-refractivity contribution in [2.45, 2.75) is 11.7 Å². The quantitative estimate of drug-likeness (QED) is 0.491. The molecule has 1 heterocycles. The molecule has 3 rings (SSSR count). The van der Waals surface area contributed by atoms with E-state index in [0.717, 1.165) is 0 Å². The first-order valence-electron chi connectivity index (χ1n) is 7.58. The van der Waals surface area contributed by atoms with Crippen molar-refractivity contribution in [2.24, 2.45) is 10.2 Å². The number of phenolic OH excluding ortho intramolecular Hbond substituents is 1. The highest BCUT2D eigenvalue weighted by Crippen LogP contribution is 2.24. The largest absolute Gasteiger partial charge is 0.507 e. The number of phenols is 1. The third-order valence-corrected chi connectivity index (χ3v) is 4.60. The zero-order chi connectivity index (χ0) is 17.6. The number of nitrogens with zero attached hydrogens (tertiary/aromatic N) is 2. The number of aromatic hydroxyl groups is 1. The molecule has 1 fully saturated rings. The van der Waals surface area contributed by atoms with E-state index in [9.17, 15) is 14.7 Å². The molecule has 1 saturated heterocycles. The number of rotatable bonds is 5. The predicted octanol–water partition coefficient (Wildman–Crippen LogP) is 2.59. The number of hydrogen-bond acceptors (Lipinski definition) is 6. The maximum atomic E-state index is 12.2. The second-order valence-corrected chi connectivity index (χ2v) is 6.49. The minimum absolute atomic E-state index is 0.0905.